The summed E-state index contributed by atoms with van der Waals surface area (Å²) in [5.41, 5.74) is 0. The average Bonchev–Trinajstić information content (AvgIpc) is 2.29. The Hall–Kier alpha value is -0.530. The van der Waals surface area contributed by atoms with Crippen LogP contribution in [0.15, 0.2) is 23.4 Å². The van der Waals surface area contributed by atoms with Crippen LogP contribution < -0.4 is 0 Å². The van der Waals surface area contributed by atoms with Gasteiger partial charge in [0.2, 0.25) is 5.03 Å². The number of hydrogen-bond acceptors (Lipinski definition) is 3. The minimum absolute atomic E-state index is 0.123. The molecule has 94 valence electrons. The molecule has 1 saturated heterocycles. The summed E-state index contributed by atoms with van der Waals surface area (Å²) in [4.78, 5) is 3.75. The van der Waals surface area contributed by atoms with Gasteiger partial charge in [-0.1, -0.05) is 15.9 Å². The van der Waals surface area contributed by atoms with Gasteiger partial charge in [0.15, 0.2) is 5.82 Å². The SMILES string of the molecule is O=S(=O)(c1ncccc1F)N1CCCC(Br)C1. The maximum atomic E-state index is 13.5. The number of rotatable bonds is 2. The van der Waals surface area contributed by atoms with Crippen LogP contribution in [0.4, 0.5) is 4.39 Å². The minimum Gasteiger partial charge on any atom is -0.241 e. The van der Waals surface area contributed by atoms with Gasteiger partial charge in [-0.15, -0.1) is 0 Å². The van der Waals surface area contributed by atoms with Crippen LogP contribution in [0.1, 0.15) is 12.8 Å². The van der Waals surface area contributed by atoms with Crippen LogP contribution in [0, 0.1) is 5.82 Å². The summed E-state index contributed by atoms with van der Waals surface area (Å²) in [5, 5.41) is -0.485. The number of halogens is 2. The zero-order valence-corrected chi connectivity index (χ0v) is 11.4. The van der Waals surface area contributed by atoms with E-state index in [-0.39, 0.29) is 4.83 Å². The Bertz CT molecular complexity index is 509. The maximum Gasteiger partial charge on any atom is 0.263 e. The molecular formula is C10H12BrFN2O2S. The summed E-state index contributed by atoms with van der Waals surface area (Å²) in [6, 6.07) is 2.48. The number of sulfonamides is 1. The molecule has 0 aromatic carbocycles. The van der Waals surface area contributed by atoms with Gasteiger partial charge in [-0.2, -0.15) is 4.31 Å². The summed E-state index contributed by atoms with van der Waals surface area (Å²) in [6.07, 6.45) is 2.98. The Morgan fingerprint density at radius 3 is 2.94 bits per heavy atom. The summed E-state index contributed by atoms with van der Waals surface area (Å²) in [6.45, 7) is 0.777. The van der Waals surface area contributed by atoms with Gasteiger partial charge in [0.05, 0.1) is 0 Å². The van der Waals surface area contributed by atoms with E-state index in [0.29, 0.717) is 13.1 Å². The summed E-state index contributed by atoms with van der Waals surface area (Å²) in [7, 11) is -3.81. The molecule has 1 atom stereocenters. The van der Waals surface area contributed by atoms with Crippen molar-refractivity contribution in [2.45, 2.75) is 22.7 Å². The van der Waals surface area contributed by atoms with Gasteiger partial charge in [0.25, 0.3) is 10.0 Å². The molecule has 1 fully saturated rings. The fourth-order valence-electron chi connectivity index (χ4n) is 1.79. The van der Waals surface area contributed by atoms with Gasteiger partial charge in [-0.05, 0) is 25.0 Å². The van der Waals surface area contributed by atoms with Crippen molar-refractivity contribution >= 4 is 26.0 Å². The summed E-state index contributed by atoms with van der Waals surface area (Å²) >= 11 is 3.39. The molecule has 0 saturated carbocycles. The molecule has 0 spiro atoms. The minimum atomic E-state index is -3.81. The molecule has 0 aliphatic carbocycles. The van der Waals surface area contributed by atoms with Crippen molar-refractivity contribution in [2.75, 3.05) is 13.1 Å². The first-order valence-electron chi connectivity index (χ1n) is 5.26. The molecule has 4 nitrogen and oxygen atoms in total. The van der Waals surface area contributed by atoms with Crippen LogP contribution >= 0.6 is 15.9 Å². The van der Waals surface area contributed by atoms with Crippen molar-refractivity contribution in [3.8, 4) is 0 Å². The molecule has 0 radical (unpaired) electrons. The second-order valence-electron chi connectivity index (χ2n) is 3.89. The molecule has 17 heavy (non-hydrogen) atoms. The van der Waals surface area contributed by atoms with E-state index in [1.807, 2.05) is 0 Å². The van der Waals surface area contributed by atoms with Crippen molar-refractivity contribution in [3.05, 3.63) is 24.1 Å². The smallest absolute Gasteiger partial charge is 0.241 e. The van der Waals surface area contributed by atoms with Crippen LogP contribution in [0.2, 0.25) is 0 Å². The molecular weight excluding hydrogens is 311 g/mol. The van der Waals surface area contributed by atoms with Gasteiger partial charge >= 0.3 is 0 Å². The first kappa shape index (κ1) is 12.9. The predicted octanol–water partition coefficient (Wildman–Crippen LogP) is 1.77. The predicted molar refractivity (Wildman–Crippen MR) is 64.9 cm³/mol. The normalized spacial score (nSPS) is 22.6. The molecule has 2 heterocycles. The number of nitrogens with zero attached hydrogens (tertiary/aromatic N) is 2. The molecule has 0 amide bonds. The fraction of sp³-hybridized carbons (Fsp3) is 0.500. The molecule has 0 bridgehead atoms. The molecule has 1 aliphatic heterocycles. The lowest BCUT2D eigenvalue weighted by atomic mass is 10.2. The highest BCUT2D eigenvalue weighted by molar-refractivity contribution is 9.09. The first-order valence-corrected chi connectivity index (χ1v) is 7.62. The van der Waals surface area contributed by atoms with Crippen LogP contribution in [0.3, 0.4) is 0 Å². The lowest BCUT2D eigenvalue weighted by Crippen LogP contribution is -2.40. The van der Waals surface area contributed by atoms with Gasteiger partial charge in [0.1, 0.15) is 0 Å². The van der Waals surface area contributed by atoms with Crippen LogP contribution in [-0.2, 0) is 10.0 Å². The van der Waals surface area contributed by atoms with E-state index in [1.54, 1.807) is 0 Å². The molecule has 2 rings (SSSR count). The van der Waals surface area contributed by atoms with Gasteiger partial charge in [0, 0.05) is 24.1 Å². The Morgan fingerprint density at radius 2 is 2.29 bits per heavy atom. The third kappa shape index (κ3) is 2.66. The Labute approximate surface area is 108 Å². The highest BCUT2D eigenvalue weighted by Crippen LogP contribution is 2.23. The number of piperidine rings is 1. The van der Waals surface area contributed by atoms with Crippen molar-refractivity contribution < 1.29 is 12.8 Å². The largest absolute Gasteiger partial charge is 0.263 e. The fourth-order valence-corrected chi connectivity index (χ4v) is 4.16. The second-order valence-corrected chi connectivity index (χ2v) is 7.04. The highest BCUT2D eigenvalue weighted by Gasteiger charge is 2.32. The quantitative estimate of drug-likeness (QED) is 0.780. The standard InChI is InChI=1S/C10H12BrFN2O2S/c11-8-3-2-6-14(7-8)17(15,16)10-9(12)4-1-5-13-10/h1,4-5,8H,2-3,6-7H2. The zero-order valence-electron chi connectivity index (χ0n) is 9.01. The van der Waals surface area contributed by atoms with E-state index >= 15 is 0 Å². The first-order chi connectivity index (χ1) is 8.01. The van der Waals surface area contributed by atoms with E-state index in [4.69, 9.17) is 0 Å². The van der Waals surface area contributed by atoms with Crippen LogP contribution in [-0.4, -0.2) is 35.6 Å². The third-order valence-electron chi connectivity index (χ3n) is 2.64. The lowest BCUT2D eigenvalue weighted by molar-refractivity contribution is 0.352. The van der Waals surface area contributed by atoms with E-state index in [0.717, 1.165) is 18.9 Å². The van der Waals surface area contributed by atoms with Crippen molar-refractivity contribution in [1.82, 2.24) is 9.29 Å². The number of aromatic nitrogens is 1. The molecule has 1 aliphatic rings. The molecule has 1 aromatic rings. The average molecular weight is 323 g/mol. The monoisotopic (exact) mass is 322 g/mol. The molecule has 0 N–H and O–H groups in total. The maximum absolute atomic E-state index is 13.5. The van der Waals surface area contributed by atoms with Gasteiger partial charge in [-0.25, -0.2) is 17.8 Å². The number of pyridine rings is 1. The van der Waals surface area contributed by atoms with E-state index in [2.05, 4.69) is 20.9 Å². The summed E-state index contributed by atoms with van der Waals surface area (Å²) < 4.78 is 39.0. The lowest BCUT2D eigenvalue weighted by Gasteiger charge is -2.28. The van der Waals surface area contributed by atoms with Crippen LogP contribution in [0.5, 0.6) is 0 Å². The Kier molecular flexibility index (Phi) is 3.79. The molecule has 1 aromatic heterocycles. The third-order valence-corrected chi connectivity index (χ3v) is 5.18. The van der Waals surface area contributed by atoms with E-state index in [1.165, 1.54) is 16.6 Å². The molecule has 1 unspecified atom stereocenters. The summed E-state index contributed by atoms with van der Waals surface area (Å²) in [5.74, 6) is -0.802. The van der Waals surface area contributed by atoms with Crippen molar-refractivity contribution in [3.63, 3.8) is 0 Å². The topological polar surface area (TPSA) is 50.3 Å². The van der Waals surface area contributed by atoms with Crippen molar-refractivity contribution in [2.24, 2.45) is 0 Å². The highest BCUT2D eigenvalue weighted by atomic mass is 79.9. The van der Waals surface area contributed by atoms with Crippen molar-refractivity contribution in [1.29, 1.82) is 0 Å². The Balaban J connectivity index is 2.33. The van der Waals surface area contributed by atoms with E-state index < -0.39 is 20.9 Å². The van der Waals surface area contributed by atoms with E-state index in [9.17, 15) is 12.8 Å². The Morgan fingerprint density at radius 1 is 1.53 bits per heavy atom. The van der Waals surface area contributed by atoms with Gasteiger partial charge in [-0.3, -0.25) is 0 Å². The second kappa shape index (κ2) is 4.99. The number of hydrogen-bond donors (Lipinski definition) is 0. The van der Waals surface area contributed by atoms with Gasteiger partial charge < -0.3 is 0 Å². The zero-order chi connectivity index (χ0) is 12.5. The molecule has 7 heteroatoms. The van der Waals surface area contributed by atoms with Crippen LogP contribution in [0.25, 0.3) is 0 Å². The number of alkyl halides is 1.